The van der Waals surface area contributed by atoms with Crippen molar-refractivity contribution in [3.05, 3.63) is 59.8 Å². The Labute approximate surface area is 228 Å². The monoisotopic (exact) mass is 555 g/mol. The Kier molecular flexibility index (Phi) is 8.43. The molecule has 0 spiro atoms. The molecule has 7 N–H and O–H groups in total. The molecule has 3 aromatic rings. The normalized spacial score (nSPS) is 24.0. The van der Waals surface area contributed by atoms with Crippen LogP contribution in [0, 0.1) is 23.1 Å². The molecule has 1 fully saturated rings. The second-order valence-corrected chi connectivity index (χ2v) is 9.89. The fraction of sp³-hybridized carbons (Fsp3) is 0.423. The van der Waals surface area contributed by atoms with Crippen molar-refractivity contribution >= 4 is 23.2 Å². The molecule has 6 atom stereocenters. The highest BCUT2D eigenvalue weighted by atomic mass is 19.1. The number of rotatable bonds is 9. The van der Waals surface area contributed by atoms with Crippen LogP contribution in [-0.2, 0) is 31.1 Å². The van der Waals surface area contributed by atoms with E-state index < -0.39 is 60.3 Å². The van der Waals surface area contributed by atoms with Gasteiger partial charge in [-0.1, -0.05) is 26.0 Å². The van der Waals surface area contributed by atoms with Crippen LogP contribution in [0.3, 0.4) is 0 Å². The molecule has 0 radical (unpaired) electrons. The van der Waals surface area contributed by atoms with Gasteiger partial charge in [0, 0.05) is 0 Å². The maximum atomic E-state index is 13.2. The molecule has 1 aliphatic rings. The number of nitriles is 1. The van der Waals surface area contributed by atoms with Crippen molar-refractivity contribution in [1.29, 1.82) is 5.26 Å². The second kappa shape index (κ2) is 11.6. The fourth-order valence-corrected chi connectivity index (χ4v) is 4.34. The number of aromatic nitrogens is 3. The van der Waals surface area contributed by atoms with Crippen molar-refractivity contribution in [2.75, 3.05) is 11.9 Å². The van der Waals surface area contributed by atoms with Gasteiger partial charge in [0.15, 0.2) is 5.82 Å². The number of hydrogen-bond acceptors (Lipinski definition) is 11. The standard InChI is InChI=1S/C26H30FN7O6/c1-13(2)20(30)25(38)39-10-18-21(35)22(36)26(11-28,40-18)19-8-7-17-23(31-12-32-34(17)19)33-24(37)16(29)9-14-3-5-15(27)6-4-14/h3-8,12-13,16,18,20-22,35-36H,9-10,29-30H2,1-2H3,(H,31,32,33,37)/t16-,18+,20-,21+,22+,26-/m0/s1. The number of carbonyl (C=O) groups excluding carboxylic acids is 2. The Hall–Kier alpha value is -4.00. The third kappa shape index (κ3) is 5.51. The van der Waals surface area contributed by atoms with Crippen molar-refractivity contribution in [2.45, 2.75) is 56.3 Å². The van der Waals surface area contributed by atoms with E-state index in [-0.39, 0.29) is 29.4 Å². The molecule has 0 bridgehead atoms. The lowest BCUT2D eigenvalue weighted by molar-refractivity contribution is -0.153. The van der Waals surface area contributed by atoms with Crippen LogP contribution in [0.1, 0.15) is 25.1 Å². The van der Waals surface area contributed by atoms with Gasteiger partial charge >= 0.3 is 5.97 Å². The first-order valence-electron chi connectivity index (χ1n) is 12.5. The number of nitrogens with one attached hydrogen (secondary N) is 1. The van der Waals surface area contributed by atoms with E-state index in [2.05, 4.69) is 15.4 Å². The van der Waals surface area contributed by atoms with E-state index in [1.807, 2.05) is 6.07 Å². The highest BCUT2D eigenvalue weighted by Crippen LogP contribution is 2.40. The minimum absolute atomic E-state index is 0.0396. The number of hydrogen-bond donors (Lipinski definition) is 5. The highest BCUT2D eigenvalue weighted by molar-refractivity contribution is 5.97. The van der Waals surface area contributed by atoms with Crippen LogP contribution in [0.2, 0.25) is 0 Å². The molecule has 1 aliphatic heterocycles. The number of nitrogens with zero attached hydrogens (tertiary/aromatic N) is 4. The summed E-state index contributed by atoms with van der Waals surface area (Å²) in [6.45, 7) is 3.03. The van der Waals surface area contributed by atoms with E-state index >= 15 is 0 Å². The first kappa shape index (κ1) is 29.0. The summed E-state index contributed by atoms with van der Waals surface area (Å²) in [6.07, 6.45) is -3.31. The van der Waals surface area contributed by atoms with Crippen molar-refractivity contribution in [1.82, 2.24) is 14.6 Å². The van der Waals surface area contributed by atoms with Gasteiger partial charge in [0.25, 0.3) is 0 Å². The molecule has 14 heteroatoms. The molecule has 4 rings (SSSR count). The predicted molar refractivity (Wildman–Crippen MR) is 138 cm³/mol. The van der Waals surface area contributed by atoms with Gasteiger partial charge in [0.1, 0.15) is 54.7 Å². The van der Waals surface area contributed by atoms with Crippen LogP contribution in [0.4, 0.5) is 10.2 Å². The van der Waals surface area contributed by atoms with Gasteiger partial charge in [-0.25, -0.2) is 13.9 Å². The smallest absolute Gasteiger partial charge is 0.323 e. The van der Waals surface area contributed by atoms with Gasteiger partial charge in [-0.3, -0.25) is 9.59 Å². The average molecular weight is 556 g/mol. The molecule has 1 saturated heterocycles. The molecular weight excluding hydrogens is 525 g/mol. The number of amides is 1. The maximum Gasteiger partial charge on any atom is 0.323 e. The molecule has 0 aliphatic carbocycles. The summed E-state index contributed by atoms with van der Waals surface area (Å²) in [5, 5.41) is 38.4. The SMILES string of the molecule is CC(C)[C@H](N)C(=O)OC[C@H]1O[C@@](C#N)(c2ccc3c(NC(=O)[C@@H](N)Cc4ccc(F)cc4)ncnn23)[C@H](O)[C@@H]1O. The summed E-state index contributed by atoms with van der Waals surface area (Å²) in [6, 6.07) is 8.55. The molecule has 13 nitrogen and oxygen atoms in total. The van der Waals surface area contributed by atoms with Gasteiger partial charge < -0.3 is 36.5 Å². The van der Waals surface area contributed by atoms with Gasteiger partial charge in [0.05, 0.1) is 11.7 Å². The summed E-state index contributed by atoms with van der Waals surface area (Å²) in [5.74, 6) is -1.82. The minimum atomic E-state index is -2.10. The predicted octanol–water partition coefficient (Wildman–Crippen LogP) is -0.257. The number of nitrogens with two attached hydrogens (primary N) is 2. The first-order chi connectivity index (χ1) is 19.0. The number of carbonyl (C=O) groups is 2. The Balaban J connectivity index is 1.54. The van der Waals surface area contributed by atoms with Gasteiger partial charge in [-0.15, -0.1) is 0 Å². The molecule has 0 saturated carbocycles. The molecule has 2 aromatic heterocycles. The van der Waals surface area contributed by atoms with E-state index in [9.17, 15) is 29.5 Å². The van der Waals surface area contributed by atoms with Crippen LogP contribution in [-0.4, -0.2) is 73.7 Å². The quantitative estimate of drug-likeness (QED) is 0.217. The summed E-state index contributed by atoms with van der Waals surface area (Å²) in [4.78, 5) is 29.0. The van der Waals surface area contributed by atoms with E-state index in [1.54, 1.807) is 13.8 Å². The Morgan fingerprint density at radius 2 is 1.95 bits per heavy atom. The molecule has 1 aromatic carbocycles. The second-order valence-electron chi connectivity index (χ2n) is 9.89. The third-order valence-electron chi connectivity index (χ3n) is 6.78. The van der Waals surface area contributed by atoms with E-state index in [1.165, 1.54) is 40.9 Å². The van der Waals surface area contributed by atoms with Gasteiger partial charge in [0.2, 0.25) is 11.5 Å². The summed E-state index contributed by atoms with van der Waals surface area (Å²) in [5.41, 5.74) is 10.7. The number of aliphatic hydroxyl groups is 2. The fourth-order valence-electron chi connectivity index (χ4n) is 4.34. The zero-order chi connectivity index (χ0) is 29.2. The van der Waals surface area contributed by atoms with E-state index in [4.69, 9.17) is 20.9 Å². The average Bonchev–Trinajstić information content (AvgIpc) is 3.48. The van der Waals surface area contributed by atoms with Crippen molar-refractivity contribution in [3.63, 3.8) is 0 Å². The van der Waals surface area contributed by atoms with Crippen molar-refractivity contribution < 1.29 is 33.7 Å². The molecular formula is C26H30FN7O6. The number of esters is 1. The summed E-state index contributed by atoms with van der Waals surface area (Å²) in [7, 11) is 0. The van der Waals surface area contributed by atoms with Crippen LogP contribution in [0.5, 0.6) is 0 Å². The Morgan fingerprint density at radius 1 is 1.25 bits per heavy atom. The number of fused-ring (bicyclic) bond motifs is 1. The molecule has 0 unspecified atom stereocenters. The largest absolute Gasteiger partial charge is 0.462 e. The Morgan fingerprint density at radius 3 is 2.60 bits per heavy atom. The van der Waals surface area contributed by atoms with Crippen LogP contribution < -0.4 is 16.8 Å². The molecule has 3 heterocycles. The van der Waals surface area contributed by atoms with Gasteiger partial charge in [-0.2, -0.15) is 10.4 Å². The van der Waals surface area contributed by atoms with Crippen LogP contribution >= 0.6 is 0 Å². The lowest BCUT2D eigenvalue weighted by Crippen LogP contribution is -2.41. The molecule has 212 valence electrons. The topological polar surface area (TPSA) is 211 Å². The van der Waals surface area contributed by atoms with E-state index in [0.29, 0.717) is 5.56 Å². The summed E-state index contributed by atoms with van der Waals surface area (Å²) < 4.78 is 25.4. The highest BCUT2D eigenvalue weighted by Gasteiger charge is 2.58. The third-order valence-corrected chi connectivity index (χ3v) is 6.78. The summed E-state index contributed by atoms with van der Waals surface area (Å²) >= 11 is 0. The lowest BCUT2D eigenvalue weighted by Gasteiger charge is -2.24. The number of aliphatic hydroxyl groups excluding tert-OH is 2. The first-order valence-corrected chi connectivity index (χ1v) is 12.5. The number of anilines is 1. The van der Waals surface area contributed by atoms with Crippen molar-refractivity contribution in [3.8, 4) is 6.07 Å². The Bertz CT molecular complexity index is 1430. The zero-order valence-electron chi connectivity index (χ0n) is 21.8. The van der Waals surface area contributed by atoms with E-state index in [0.717, 1.165) is 6.33 Å². The lowest BCUT2D eigenvalue weighted by atomic mass is 9.92. The number of halogens is 1. The van der Waals surface area contributed by atoms with Crippen LogP contribution in [0.25, 0.3) is 5.52 Å². The maximum absolute atomic E-state index is 13.2. The van der Waals surface area contributed by atoms with Crippen molar-refractivity contribution in [2.24, 2.45) is 17.4 Å². The van der Waals surface area contributed by atoms with Crippen LogP contribution in [0.15, 0.2) is 42.7 Å². The molecule has 1 amide bonds. The molecule has 40 heavy (non-hydrogen) atoms. The zero-order valence-corrected chi connectivity index (χ0v) is 21.8. The number of ether oxygens (including phenoxy) is 2. The minimum Gasteiger partial charge on any atom is -0.462 e. The van der Waals surface area contributed by atoms with Gasteiger partial charge in [-0.05, 0) is 42.2 Å². The number of benzene rings is 1.